The molecule has 1 rings (SSSR count). The van der Waals surface area contributed by atoms with Crippen LogP contribution in [0.25, 0.3) is 0 Å². The normalized spacial score (nSPS) is 11.8. The number of nitrogens with two attached hydrogens (primary N) is 1. The summed E-state index contributed by atoms with van der Waals surface area (Å²) >= 11 is 1.82. The number of nitrogen functional groups attached to an aromatic ring is 1. The van der Waals surface area contributed by atoms with Crippen molar-refractivity contribution in [2.75, 3.05) is 43.7 Å². The van der Waals surface area contributed by atoms with Gasteiger partial charge in [0.25, 0.3) is 0 Å². The van der Waals surface area contributed by atoms with E-state index in [4.69, 9.17) is 5.73 Å². The molecule has 0 spiro atoms. The minimum absolute atomic E-state index is 0.150. The van der Waals surface area contributed by atoms with Crippen LogP contribution in [-0.4, -0.2) is 45.4 Å². The third-order valence-electron chi connectivity index (χ3n) is 2.92. The lowest BCUT2D eigenvalue weighted by molar-refractivity contribution is 0.521. The largest absolute Gasteiger partial charge is 0.396 e. The lowest BCUT2D eigenvalue weighted by atomic mass is 10.2. The van der Waals surface area contributed by atoms with E-state index in [9.17, 15) is 8.42 Å². The summed E-state index contributed by atoms with van der Waals surface area (Å²) in [4.78, 5) is 0.150. The fraction of sp³-hybridized carbons (Fsp3) is 0.538. The van der Waals surface area contributed by atoms with Crippen LogP contribution in [-0.2, 0) is 10.0 Å². The van der Waals surface area contributed by atoms with Crippen molar-refractivity contribution >= 4 is 33.2 Å². The smallest absolute Gasteiger partial charge is 0.244 e. The number of hydrogen-bond acceptors (Lipinski definition) is 5. The van der Waals surface area contributed by atoms with Gasteiger partial charge in [0, 0.05) is 20.6 Å². The molecule has 0 saturated heterocycles. The standard InChI is InChI=1S/C13H23N3O2S2/c1-16(2)20(17,18)12-8-6-7-11(13(12)14)15-9-4-5-10-19-3/h6-8,15H,4-5,9-10,14H2,1-3H3. The van der Waals surface area contributed by atoms with Crippen molar-refractivity contribution in [3.63, 3.8) is 0 Å². The van der Waals surface area contributed by atoms with Gasteiger partial charge in [0.15, 0.2) is 0 Å². The Hall–Kier alpha value is -0.920. The molecule has 0 heterocycles. The van der Waals surface area contributed by atoms with Crippen LogP contribution in [0.4, 0.5) is 11.4 Å². The molecule has 7 heteroatoms. The van der Waals surface area contributed by atoms with Gasteiger partial charge in [0.05, 0.1) is 11.4 Å². The molecule has 0 aliphatic rings. The van der Waals surface area contributed by atoms with Gasteiger partial charge in [0.2, 0.25) is 10.0 Å². The van der Waals surface area contributed by atoms with Crippen molar-refractivity contribution in [1.29, 1.82) is 0 Å². The van der Waals surface area contributed by atoms with Gasteiger partial charge in [-0.2, -0.15) is 11.8 Å². The Balaban J connectivity index is 2.81. The van der Waals surface area contributed by atoms with Gasteiger partial charge in [0.1, 0.15) is 4.90 Å². The number of para-hydroxylation sites is 1. The molecule has 0 fully saturated rings. The van der Waals surface area contributed by atoms with Crippen LogP contribution in [0.1, 0.15) is 12.8 Å². The van der Waals surface area contributed by atoms with Crippen molar-refractivity contribution in [1.82, 2.24) is 4.31 Å². The van der Waals surface area contributed by atoms with Gasteiger partial charge in [-0.25, -0.2) is 12.7 Å². The molecule has 3 N–H and O–H groups in total. The van der Waals surface area contributed by atoms with E-state index in [2.05, 4.69) is 11.6 Å². The average Bonchev–Trinajstić information content (AvgIpc) is 2.39. The van der Waals surface area contributed by atoms with Crippen molar-refractivity contribution in [3.8, 4) is 0 Å². The Kier molecular flexibility index (Phi) is 6.64. The monoisotopic (exact) mass is 317 g/mol. The van der Waals surface area contributed by atoms with E-state index in [1.165, 1.54) is 24.5 Å². The van der Waals surface area contributed by atoms with Gasteiger partial charge in [-0.3, -0.25) is 0 Å². The number of thioether (sulfide) groups is 1. The first-order valence-electron chi connectivity index (χ1n) is 6.45. The van der Waals surface area contributed by atoms with Crippen molar-refractivity contribution in [2.45, 2.75) is 17.7 Å². The van der Waals surface area contributed by atoms with E-state index >= 15 is 0 Å². The molecule has 0 bridgehead atoms. The third-order valence-corrected chi connectivity index (χ3v) is 5.49. The average molecular weight is 317 g/mol. The molecule has 1 aromatic rings. The Bertz CT molecular complexity index is 530. The summed E-state index contributed by atoms with van der Waals surface area (Å²) in [6.07, 6.45) is 4.25. The molecular formula is C13H23N3O2S2. The summed E-state index contributed by atoms with van der Waals surface area (Å²) in [6, 6.07) is 5.04. The predicted molar refractivity (Wildman–Crippen MR) is 87.8 cm³/mol. The van der Waals surface area contributed by atoms with Gasteiger partial charge in [-0.05, 0) is 37.0 Å². The second-order valence-corrected chi connectivity index (χ2v) is 7.74. The predicted octanol–water partition coefficient (Wildman–Crippen LogP) is 2.07. The van der Waals surface area contributed by atoms with Crippen LogP contribution in [0, 0.1) is 0 Å². The highest BCUT2D eigenvalue weighted by atomic mass is 32.2. The van der Waals surface area contributed by atoms with E-state index in [-0.39, 0.29) is 10.6 Å². The van der Waals surface area contributed by atoms with Gasteiger partial charge in [-0.1, -0.05) is 6.07 Å². The van der Waals surface area contributed by atoms with Crippen LogP contribution in [0.15, 0.2) is 23.1 Å². The molecule has 0 aliphatic carbocycles. The zero-order valence-electron chi connectivity index (χ0n) is 12.2. The molecule has 0 saturated carbocycles. The van der Waals surface area contributed by atoms with Crippen LogP contribution in [0.3, 0.4) is 0 Å². The van der Waals surface area contributed by atoms with E-state index < -0.39 is 10.0 Å². The number of nitrogens with one attached hydrogen (secondary N) is 1. The topological polar surface area (TPSA) is 75.4 Å². The molecule has 0 aromatic heterocycles. The van der Waals surface area contributed by atoms with Crippen LogP contribution in [0.2, 0.25) is 0 Å². The van der Waals surface area contributed by atoms with E-state index in [1.807, 2.05) is 11.8 Å². The van der Waals surface area contributed by atoms with Gasteiger partial charge < -0.3 is 11.1 Å². The molecule has 1 aromatic carbocycles. The Morgan fingerprint density at radius 2 is 2.00 bits per heavy atom. The third kappa shape index (κ3) is 4.29. The lowest BCUT2D eigenvalue weighted by Crippen LogP contribution is -2.23. The lowest BCUT2D eigenvalue weighted by Gasteiger charge is -2.16. The molecule has 0 amide bonds. The minimum atomic E-state index is -3.50. The number of unbranched alkanes of at least 4 members (excludes halogenated alkanes) is 1. The summed E-state index contributed by atoms with van der Waals surface area (Å²) in [5.74, 6) is 1.13. The van der Waals surface area contributed by atoms with Crippen LogP contribution < -0.4 is 11.1 Å². The first-order valence-corrected chi connectivity index (χ1v) is 9.28. The summed E-state index contributed by atoms with van der Waals surface area (Å²) in [5, 5.41) is 3.21. The highest BCUT2D eigenvalue weighted by Crippen LogP contribution is 2.28. The maximum absolute atomic E-state index is 12.1. The summed E-state index contributed by atoms with van der Waals surface area (Å²) in [5.41, 5.74) is 6.94. The fourth-order valence-corrected chi connectivity index (χ4v) is 3.24. The maximum Gasteiger partial charge on any atom is 0.244 e. The van der Waals surface area contributed by atoms with E-state index in [1.54, 1.807) is 12.1 Å². The molecule has 0 atom stereocenters. The number of benzene rings is 1. The Morgan fingerprint density at radius 1 is 1.30 bits per heavy atom. The number of hydrogen-bond donors (Lipinski definition) is 2. The van der Waals surface area contributed by atoms with Crippen molar-refractivity contribution in [3.05, 3.63) is 18.2 Å². The molecular weight excluding hydrogens is 294 g/mol. The van der Waals surface area contributed by atoms with Gasteiger partial charge in [-0.15, -0.1) is 0 Å². The van der Waals surface area contributed by atoms with Crippen LogP contribution in [0.5, 0.6) is 0 Å². The van der Waals surface area contributed by atoms with Crippen molar-refractivity contribution < 1.29 is 8.42 Å². The SMILES string of the molecule is CSCCCCNc1cccc(S(=O)(=O)N(C)C)c1N. The minimum Gasteiger partial charge on any atom is -0.396 e. The van der Waals surface area contributed by atoms with E-state index in [0.29, 0.717) is 5.69 Å². The molecule has 114 valence electrons. The first kappa shape index (κ1) is 17.1. The zero-order valence-corrected chi connectivity index (χ0v) is 13.9. The summed E-state index contributed by atoms with van der Waals surface area (Å²) in [6.45, 7) is 0.788. The fourth-order valence-electron chi connectivity index (χ4n) is 1.71. The van der Waals surface area contributed by atoms with Crippen molar-refractivity contribution in [2.24, 2.45) is 0 Å². The molecule has 5 nitrogen and oxygen atoms in total. The number of rotatable bonds is 8. The maximum atomic E-state index is 12.1. The molecule has 0 aliphatic heterocycles. The molecule has 20 heavy (non-hydrogen) atoms. The second kappa shape index (κ2) is 7.75. The van der Waals surface area contributed by atoms with Crippen LogP contribution >= 0.6 is 11.8 Å². The summed E-state index contributed by atoms with van der Waals surface area (Å²) in [7, 11) is -0.510. The zero-order chi connectivity index (χ0) is 15.2. The number of nitrogens with zero attached hydrogens (tertiary/aromatic N) is 1. The summed E-state index contributed by atoms with van der Waals surface area (Å²) < 4.78 is 25.4. The highest BCUT2D eigenvalue weighted by Gasteiger charge is 2.21. The second-order valence-electron chi connectivity index (χ2n) is 4.63. The number of anilines is 2. The molecule has 0 radical (unpaired) electrons. The quantitative estimate of drug-likeness (QED) is 0.567. The van der Waals surface area contributed by atoms with E-state index in [0.717, 1.165) is 25.1 Å². The first-order chi connectivity index (χ1) is 9.41. The van der Waals surface area contributed by atoms with Gasteiger partial charge >= 0.3 is 0 Å². The Labute approximate surface area is 126 Å². The molecule has 0 unspecified atom stereocenters. The number of sulfonamides is 1. The Morgan fingerprint density at radius 3 is 2.60 bits per heavy atom. The highest BCUT2D eigenvalue weighted by molar-refractivity contribution is 7.98.